The first-order chi connectivity index (χ1) is 15.6. The monoisotopic (exact) mass is 471 g/mol. The van der Waals surface area contributed by atoms with Crippen molar-refractivity contribution in [1.29, 1.82) is 0 Å². The molecule has 0 radical (unpaired) electrons. The lowest BCUT2D eigenvalue weighted by molar-refractivity contribution is -0.153. The number of benzene rings is 2. The molecule has 180 valence electrons. The Labute approximate surface area is 189 Å². The van der Waals surface area contributed by atoms with Gasteiger partial charge in [0.15, 0.2) is 6.61 Å². The fourth-order valence-corrected chi connectivity index (χ4v) is 3.72. The average molecular weight is 471 g/mol. The van der Waals surface area contributed by atoms with Crippen molar-refractivity contribution in [1.82, 2.24) is 15.1 Å². The minimum Gasteiger partial charge on any atom is -0.484 e. The lowest BCUT2D eigenvalue weighted by atomic mass is 10.1. The number of urea groups is 1. The summed E-state index contributed by atoms with van der Waals surface area (Å²) in [6.07, 6.45) is -3.51. The van der Waals surface area contributed by atoms with Crippen molar-refractivity contribution >= 4 is 6.03 Å². The number of carbonyl (C=O) groups is 1. The maximum Gasteiger partial charge on any atom is 0.422 e. The Hall–Kier alpha value is -2.88. The van der Waals surface area contributed by atoms with Crippen LogP contribution in [0, 0.1) is 17.6 Å². The minimum absolute atomic E-state index is 0.0115. The lowest BCUT2D eigenvalue weighted by Gasteiger charge is -2.26. The summed E-state index contributed by atoms with van der Waals surface area (Å²) in [6, 6.07) is 8.76. The van der Waals surface area contributed by atoms with Crippen molar-refractivity contribution in [2.24, 2.45) is 5.92 Å². The molecule has 0 bridgehead atoms. The lowest BCUT2D eigenvalue weighted by Crippen LogP contribution is -2.42. The second-order valence-corrected chi connectivity index (χ2v) is 8.24. The Bertz CT molecular complexity index is 937. The predicted octanol–water partition coefficient (Wildman–Crippen LogP) is 4.57. The van der Waals surface area contributed by atoms with E-state index in [1.54, 1.807) is 12.1 Å². The molecule has 1 fully saturated rings. The van der Waals surface area contributed by atoms with E-state index >= 15 is 0 Å². The Morgan fingerprint density at radius 3 is 2.52 bits per heavy atom. The van der Waals surface area contributed by atoms with E-state index in [2.05, 4.69) is 15.0 Å². The molecule has 1 aliphatic rings. The van der Waals surface area contributed by atoms with E-state index in [1.165, 1.54) is 23.1 Å². The first-order valence-corrected chi connectivity index (χ1v) is 10.5. The van der Waals surface area contributed by atoms with Gasteiger partial charge >= 0.3 is 12.2 Å². The van der Waals surface area contributed by atoms with Crippen LogP contribution in [0.2, 0.25) is 0 Å². The van der Waals surface area contributed by atoms with Crippen LogP contribution in [0.5, 0.6) is 5.75 Å². The molecule has 1 saturated heterocycles. The van der Waals surface area contributed by atoms with Crippen LogP contribution in [0.25, 0.3) is 0 Å². The van der Waals surface area contributed by atoms with Gasteiger partial charge in [0.1, 0.15) is 17.4 Å². The summed E-state index contributed by atoms with van der Waals surface area (Å²) in [7, 11) is 1.99. The van der Waals surface area contributed by atoms with Crippen molar-refractivity contribution in [3.8, 4) is 5.75 Å². The van der Waals surface area contributed by atoms with E-state index in [-0.39, 0.29) is 30.3 Å². The van der Waals surface area contributed by atoms with E-state index in [9.17, 15) is 26.7 Å². The first kappa shape index (κ1) is 24.8. The second kappa shape index (κ2) is 10.8. The second-order valence-electron chi connectivity index (χ2n) is 8.24. The Balaban J connectivity index is 1.61. The minimum atomic E-state index is -4.42. The topological polar surface area (TPSA) is 44.8 Å². The number of amides is 2. The molecule has 1 N–H and O–H groups in total. The van der Waals surface area contributed by atoms with Crippen molar-refractivity contribution in [2.45, 2.75) is 25.7 Å². The molecule has 0 spiro atoms. The van der Waals surface area contributed by atoms with E-state index in [0.717, 1.165) is 31.6 Å². The van der Waals surface area contributed by atoms with Gasteiger partial charge in [0.25, 0.3) is 0 Å². The largest absolute Gasteiger partial charge is 0.484 e. The molecule has 3 rings (SSSR count). The van der Waals surface area contributed by atoms with E-state index in [4.69, 9.17) is 0 Å². The highest BCUT2D eigenvalue weighted by Gasteiger charge is 2.28. The molecule has 0 aromatic heterocycles. The van der Waals surface area contributed by atoms with Crippen LogP contribution < -0.4 is 10.1 Å². The number of alkyl halides is 3. The number of likely N-dealkylation sites (tertiary alicyclic amines) is 1. The Morgan fingerprint density at radius 2 is 1.91 bits per heavy atom. The van der Waals surface area contributed by atoms with Crippen LogP contribution in [-0.2, 0) is 13.1 Å². The SMILES string of the molecule is CN1CC[C@@H](CN(Cc2ccc(F)cc2F)C(=O)NCc2ccc(OCC(F)(F)F)cc2)C1. The fourth-order valence-electron chi connectivity index (χ4n) is 3.72. The molecule has 0 aliphatic carbocycles. The molecular formula is C23H26F5N3O2. The predicted molar refractivity (Wildman–Crippen MR) is 113 cm³/mol. The Morgan fingerprint density at radius 1 is 1.18 bits per heavy atom. The molecule has 10 heteroatoms. The fraction of sp³-hybridized carbons (Fsp3) is 0.435. The van der Waals surface area contributed by atoms with E-state index in [0.29, 0.717) is 12.1 Å². The van der Waals surface area contributed by atoms with E-state index in [1.807, 2.05) is 7.05 Å². The summed E-state index contributed by atoms with van der Waals surface area (Å²) in [4.78, 5) is 16.6. The summed E-state index contributed by atoms with van der Waals surface area (Å²) in [6.45, 7) is 0.877. The zero-order valence-corrected chi connectivity index (χ0v) is 18.2. The van der Waals surface area contributed by atoms with Crippen molar-refractivity contribution in [3.63, 3.8) is 0 Å². The molecule has 0 unspecified atom stereocenters. The van der Waals surface area contributed by atoms with Crippen LogP contribution in [0.4, 0.5) is 26.7 Å². The summed E-state index contributed by atoms with van der Waals surface area (Å²) in [5.74, 6) is -1.10. The van der Waals surface area contributed by atoms with Gasteiger partial charge in [-0.1, -0.05) is 18.2 Å². The van der Waals surface area contributed by atoms with Crippen LogP contribution in [0.15, 0.2) is 42.5 Å². The van der Waals surface area contributed by atoms with Crippen molar-refractivity contribution in [3.05, 3.63) is 65.2 Å². The summed E-state index contributed by atoms with van der Waals surface area (Å²) in [5, 5.41) is 2.77. The van der Waals surface area contributed by atoms with Gasteiger partial charge in [-0.3, -0.25) is 0 Å². The maximum atomic E-state index is 14.2. The number of hydrogen-bond acceptors (Lipinski definition) is 3. The zero-order valence-electron chi connectivity index (χ0n) is 18.2. The molecule has 5 nitrogen and oxygen atoms in total. The number of rotatable bonds is 8. The smallest absolute Gasteiger partial charge is 0.422 e. The van der Waals surface area contributed by atoms with Gasteiger partial charge in [0.05, 0.1) is 6.54 Å². The summed E-state index contributed by atoms with van der Waals surface area (Å²) < 4.78 is 68.9. The standard InChI is InChI=1S/C23H26F5N3O2/c1-30-9-8-17(12-30)13-31(14-18-4-5-19(24)10-21(18)25)22(32)29-11-16-2-6-20(7-3-16)33-15-23(26,27)28/h2-7,10,17H,8-9,11-15H2,1H3,(H,29,32)/t17-/m1/s1. The first-order valence-electron chi connectivity index (χ1n) is 10.5. The summed E-state index contributed by atoms with van der Waals surface area (Å²) >= 11 is 0. The van der Waals surface area contributed by atoms with Crippen LogP contribution in [0.3, 0.4) is 0 Å². The highest BCUT2D eigenvalue weighted by molar-refractivity contribution is 5.74. The molecule has 33 heavy (non-hydrogen) atoms. The molecule has 1 aliphatic heterocycles. The number of halogens is 5. The van der Waals surface area contributed by atoms with Gasteiger partial charge in [0.2, 0.25) is 0 Å². The molecular weight excluding hydrogens is 445 g/mol. The van der Waals surface area contributed by atoms with Crippen LogP contribution in [0.1, 0.15) is 17.5 Å². The third kappa shape index (κ3) is 7.88. The number of hydrogen-bond donors (Lipinski definition) is 1. The number of nitrogens with one attached hydrogen (secondary N) is 1. The quantitative estimate of drug-likeness (QED) is 0.574. The molecule has 1 atom stereocenters. The number of nitrogens with zero attached hydrogens (tertiary/aromatic N) is 2. The summed E-state index contributed by atoms with van der Waals surface area (Å²) in [5.41, 5.74) is 0.875. The van der Waals surface area contributed by atoms with E-state index < -0.39 is 30.4 Å². The molecule has 1 heterocycles. The van der Waals surface area contributed by atoms with Gasteiger partial charge in [-0.2, -0.15) is 13.2 Å². The Kier molecular flexibility index (Phi) is 8.12. The van der Waals surface area contributed by atoms with Gasteiger partial charge < -0.3 is 19.9 Å². The third-order valence-corrected chi connectivity index (χ3v) is 5.40. The van der Waals surface area contributed by atoms with Crippen molar-refractivity contribution < 1.29 is 31.5 Å². The van der Waals surface area contributed by atoms with Crippen molar-refractivity contribution in [2.75, 3.05) is 33.3 Å². The van der Waals surface area contributed by atoms with Gasteiger partial charge in [-0.15, -0.1) is 0 Å². The number of ether oxygens (including phenoxy) is 1. The van der Waals surface area contributed by atoms with Gasteiger partial charge in [0, 0.05) is 31.3 Å². The third-order valence-electron chi connectivity index (χ3n) is 5.40. The molecule has 2 amide bonds. The van der Waals surface area contributed by atoms with Crippen LogP contribution in [-0.4, -0.2) is 55.3 Å². The number of carbonyl (C=O) groups excluding carboxylic acids is 1. The zero-order chi connectivity index (χ0) is 24.0. The molecule has 2 aromatic rings. The molecule has 2 aromatic carbocycles. The normalized spacial score (nSPS) is 16.6. The van der Waals surface area contributed by atoms with Gasteiger partial charge in [-0.25, -0.2) is 13.6 Å². The average Bonchev–Trinajstić information content (AvgIpc) is 3.16. The molecule has 0 saturated carbocycles. The highest BCUT2D eigenvalue weighted by Crippen LogP contribution is 2.20. The highest BCUT2D eigenvalue weighted by atomic mass is 19.4. The van der Waals surface area contributed by atoms with Crippen LogP contribution >= 0.6 is 0 Å². The van der Waals surface area contributed by atoms with Gasteiger partial charge in [-0.05, 0) is 49.7 Å². The maximum absolute atomic E-state index is 14.2.